The molecule has 2 N–H and O–H groups in total. The molecule has 0 radical (unpaired) electrons. The molecule has 1 aromatic carbocycles. The number of nitrogens with zero attached hydrogens (tertiary/aromatic N) is 1. The van der Waals surface area contributed by atoms with E-state index in [2.05, 4.69) is 23.4 Å². The molecule has 0 bridgehead atoms. The Morgan fingerprint density at radius 1 is 1.38 bits per heavy atom. The molecule has 2 aromatic rings. The number of nitrogen functional groups attached to an aromatic ring is 1. The molecule has 0 fully saturated rings. The molecule has 0 unspecified atom stereocenters. The van der Waals surface area contributed by atoms with Gasteiger partial charge in [-0.05, 0) is 31.5 Å². The van der Waals surface area contributed by atoms with Crippen LogP contribution in [-0.4, -0.2) is 4.98 Å². The Labute approximate surface area is 104 Å². The van der Waals surface area contributed by atoms with E-state index >= 15 is 0 Å². The fourth-order valence-corrected chi connectivity index (χ4v) is 3.07. The molecule has 1 heterocycles. The lowest BCUT2D eigenvalue weighted by Crippen LogP contribution is -1.90. The van der Waals surface area contributed by atoms with Crippen LogP contribution in [-0.2, 0) is 5.75 Å². The SMILES string of the molecule is Cc1ccc(N)c(SCc2csc(C)n2)c1. The van der Waals surface area contributed by atoms with Crippen LogP contribution < -0.4 is 5.73 Å². The van der Waals surface area contributed by atoms with Crippen molar-refractivity contribution < 1.29 is 0 Å². The number of anilines is 1. The lowest BCUT2D eigenvalue weighted by molar-refractivity contribution is 1.18. The van der Waals surface area contributed by atoms with Gasteiger partial charge < -0.3 is 5.73 Å². The maximum Gasteiger partial charge on any atom is 0.0897 e. The normalized spacial score (nSPS) is 10.6. The summed E-state index contributed by atoms with van der Waals surface area (Å²) in [4.78, 5) is 5.58. The Morgan fingerprint density at radius 2 is 2.19 bits per heavy atom. The smallest absolute Gasteiger partial charge is 0.0897 e. The first kappa shape index (κ1) is 11.5. The van der Waals surface area contributed by atoms with Crippen LogP contribution in [0.1, 0.15) is 16.3 Å². The molecule has 0 amide bonds. The second kappa shape index (κ2) is 4.89. The van der Waals surface area contributed by atoms with Crippen LogP contribution in [0.25, 0.3) is 0 Å². The van der Waals surface area contributed by atoms with Crippen molar-refractivity contribution in [2.24, 2.45) is 0 Å². The lowest BCUT2D eigenvalue weighted by Gasteiger charge is -2.05. The summed E-state index contributed by atoms with van der Waals surface area (Å²) < 4.78 is 0. The van der Waals surface area contributed by atoms with Crippen LogP contribution in [0.5, 0.6) is 0 Å². The maximum absolute atomic E-state index is 5.92. The predicted molar refractivity (Wildman–Crippen MR) is 72.0 cm³/mol. The number of hydrogen-bond acceptors (Lipinski definition) is 4. The van der Waals surface area contributed by atoms with Gasteiger partial charge in [0.1, 0.15) is 0 Å². The minimum absolute atomic E-state index is 0.850. The Hall–Kier alpha value is -1.00. The number of thioether (sulfide) groups is 1. The Balaban J connectivity index is 2.07. The van der Waals surface area contributed by atoms with E-state index in [4.69, 9.17) is 5.73 Å². The zero-order valence-electron chi connectivity index (χ0n) is 9.36. The molecule has 0 atom stereocenters. The van der Waals surface area contributed by atoms with E-state index in [1.165, 1.54) is 5.56 Å². The average molecular weight is 250 g/mol. The standard InChI is InChI=1S/C12H14N2S2/c1-8-3-4-11(13)12(5-8)16-7-10-6-15-9(2)14-10/h3-6H,7,13H2,1-2H3. The Kier molecular flexibility index (Phi) is 3.51. The van der Waals surface area contributed by atoms with Gasteiger partial charge in [-0.15, -0.1) is 23.1 Å². The van der Waals surface area contributed by atoms with Crippen molar-refractivity contribution >= 4 is 28.8 Å². The van der Waals surface area contributed by atoms with E-state index in [1.54, 1.807) is 23.1 Å². The van der Waals surface area contributed by atoms with Gasteiger partial charge in [0.05, 0.1) is 10.7 Å². The van der Waals surface area contributed by atoms with E-state index in [0.29, 0.717) is 0 Å². The molecule has 4 heteroatoms. The number of aryl methyl sites for hydroxylation is 2. The van der Waals surface area contributed by atoms with Gasteiger partial charge in [0.25, 0.3) is 0 Å². The molecule has 16 heavy (non-hydrogen) atoms. The Bertz CT molecular complexity index is 492. The van der Waals surface area contributed by atoms with Crippen molar-refractivity contribution in [1.29, 1.82) is 0 Å². The summed E-state index contributed by atoms with van der Waals surface area (Å²) in [7, 11) is 0. The van der Waals surface area contributed by atoms with Crippen molar-refractivity contribution in [3.63, 3.8) is 0 Å². The third kappa shape index (κ3) is 2.77. The Morgan fingerprint density at radius 3 is 2.88 bits per heavy atom. The first-order valence-electron chi connectivity index (χ1n) is 5.05. The van der Waals surface area contributed by atoms with Gasteiger partial charge in [0.2, 0.25) is 0 Å². The molecule has 0 aliphatic heterocycles. The zero-order valence-corrected chi connectivity index (χ0v) is 11.0. The second-order valence-corrected chi connectivity index (χ2v) is 5.77. The fourth-order valence-electron chi connectivity index (χ4n) is 1.39. The van der Waals surface area contributed by atoms with E-state index in [-0.39, 0.29) is 0 Å². The van der Waals surface area contributed by atoms with Crippen molar-refractivity contribution in [2.75, 3.05) is 5.73 Å². The summed E-state index contributed by atoms with van der Waals surface area (Å²) in [6, 6.07) is 6.12. The third-order valence-electron chi connectivity index (χ3n) is 2.21. The molecule has 84 valence electrons. The molecule has 1 aromatic heterocycles. The molecule has 0 aliphatic carbocycles. The average Bonchev–Trinajstić information content (AvgIpc) is 2.66. The van der Waals surface area contributed by atoms with Crippen LogP contribution in [0.15, 0.2) is 28.5 Å². The minimum atomic E-state index is 0.850. The maximum atomic E-state index is 5.92. The van der Waals surface area contributed by atoms with Crippen LogP contribution in [0.4, 0.5) is 5.69 Å². The van der Waals surface area contributed by atoms with Gasteiger partial charge in [0, 0.05) is 21.7 Å². The summed E-state index contributed by atoms with van der Waals surface area (Å²) in [5.74, 6) is 0.887. The molecule has 0 spiro atoms. The van der Waals surface area contributed by atoms with Gasteiger partial charge in [-0.1, -0.05) is 6.07 Å². The highest BCUT2D eigenvalue weighted by molar-refractivity contribution is 7.98. The van der Waals surface area contributed by atoms with Crippen molar-refractivity contribution in [3.8, 4) is 0 Å². The summed E-state index contributed by atoms with van der Waals surface area (Å²) in [6.45, 7) is 4.11. The van der Waals surface area contributed by atoms with E-state index < -0.39 is 0 Å². The topological polar surface area (TPSA) is 38.9 Å². The van der Waals surface area contributed by atoms with Crippen molar-refractivity contribution in [2.45, 2.75) is 24.5 Å². The fraction of sp³-hybridized carbons (Fsp3) is 0.250. The lowest BCUT2D eigenvalue weighted by atomic mass is 10.2. The van der Waals surface area contributed by atoms with E-state index in [9.17, 15) is 0 Å². The van der Waals surface area contributed by atoms with Gasteiger partial charge in [-0.2, -0.15) is 0 Å². The molecule has 0 aliphatic rings. The number of benzene rings is 1. The van der Waals surface area contributed by atoms with Gasteiger partial charge in [0.15, 0.2) is 0 Å². The first-order chi connectivity index (χ1) is 7.65. The first-order valence-corrected chi connectivity index (χ1v) is 6.91. The van der Waals surface area contributed by atoms with Crippen LogP contribution >= 0.6 is 23.1 Å². The zero-order chi connectivity index (χ0) is 11.5. The quantitative estimate of drug-likeness (QED) is 0.668. The highest BCUT2D eigenvalue weighted by Gasteiger charge is 2.03. The number of thiazole rings is 1. The largest absolute Gasteiger partial charge is 0.398 e. The summed E-state index contributed by atoms with van der Waals surface area (Å²) in [5.41, 5.74) is 9.14. The van der Waals surface area contributed by atoms with Crippen LogP contribution in [0.3, 0.4) is 0 Å². The number of rotatable bonds is 3. The molecule has 0 saturated heterocycles. The van der Waals surface area contributed by atoms with Gasteiger partial charge in [-0.3, -0.25) is 0 Å². The summed E-state index contributed by atoms with van der Waals surface area (Å²) in [5, 5.41) is 3.22. The molecule has 2 rings (SSSR count). The number of aromatic nitrogens is 1. The number of nitrogens with two attached hydrogens (primary N) is 1. The molecular formula is C12H14N2S2. The van der Waals surface area contributed by atoms with Crippen LogP contribution in [0, 0.1) is 13.8 Å². The summed E-state index contributed by atoms with van der Waals surface area (Å²) >= 11 is 3.44. The highest BCUT2D eigenvalue weighted by Crippen LogP contribution is 2.29. The molecular weight excluding hydrogens is 236 g/mol. The van der Waals surface area contributed by atoms with Crippen molar-refractivity contribution in [3.05, 3.63) is 39.8 Å². The highest BCUT2D eigenvalue weighted by atomic mass is 32.2. The van der Waals surface area contributed by atoms with Gasteiger partial charge >= 0.3 is 0 Å². The third-order valence-corrected chi connectivity index (χ3v) is 4.14. The van der Waals surface area contributed by atoms with Crippen molar-refractivity contribution in [1.82, 2.24) is 4.98 Å². The van der Waals surface area contributed by atoms with Crippen LogP contribution in [0.2, 0.25) is 0 Å². The second-order valence-electron chi connectivity index (χ2n) is 3.69. The van der Waals surface area contributed by atoms with E-state index in [1.807, 2.05) is 19.1 Å². The predicted octanol–water partition coefficient (Wildman–Crippen LogP) is 3.63. The van der Waals surface area contributed by atoms with E-state index in [0.717, 1.165) is 27.0 Å². The monoisotopic (exact) mass is 250 g/mol. The van der Waals surface area contributed by atoms with Gasteiger partial charge in [-0.25, -0.2) is 4.98 Å². The number of hydrogen-bond donors (Lipinski definition) is 1. The molecule has 2 nitrogen and oxygen atoms in total. The summed E-state index contributed by atoms with van der Waals surface area (Å²) in [6.07, 6.45) is 0. The molecule has 0 saturated carbocycles. The minimum Gasteiger partial charge on any atom is -0.398 e.